The molecule has 45 nitrogen and oxygen atoms in total. The van der Waals surface area contributed by atoms with Crippen LogP contribution in [0, 0.1) is 0 Å². The van der Waals surface area contributed by atoms with Crippen LogP contribution in [0.5, 0.6) is 5.75 Å². The number of aromatic nitrogens is 2. The number of cyclic esters (lactones) is 1. The number of benzene rings is 1. The Labute approximate surface area is 568 Å². The first-order valence-corrected chi connectivity index (χ1v) is 38.9. The van der Waals surface area contributed by atoms with Crippen LogP contribution in [0.25, 0.3) is 22.3 Å². The highest BCUT2D eigenvalue weighted by Crippen LogP contribution is 2.45. The standard InChI is InChI=1S/C33H38N4O6.C12H22O35S8.ClH/c1-3-22-23-16-21(43-32(40)36-14-10-20(11-15-36)35-12-6-5-7-13-35)8-9-27(23)34-29-24(22)18-37-28(29)17-26-25(30(37)38)19-42-31(39)33(26,41)4-2;13-48(14,15)37-1-4-6(43-51(22,23)24)8(45-53(28,29)30)9(46-54(31,32)33)11(40-4)42-12(3-39-50(19,20)21)10(47-55(34,35)36)7(44-52(25,26)27)5(41-12)2-38-49(16,17)18;/h8-9,16-17,20,41H,3-7,10-15,18-19H2,1-2H3;4-11H,1-3H2,(H,13,14,15)(H,16,17,18)(H,19,20,21)(H,22,23,24)(H,25,26,27)(H,28,29,30)(H,31,32,33)(H,34,35,36);1H/t33-;4-,5-,6-,7+,8+,9-,10+,11-,12+;/m01./s1. The van der Waals surface area contributed by atoms with Crippen molar-refractivity contribution in [2.45, 2.75) is 138 Å². The largest absolute Gasteiger partial charge is 0.458 e. The molecule has 2 aromatic heterocycles. The number of fused-ring (bicyclic) bond motifs is 5. The molecule has 99 heavy (non-hydrogen) atoms. The van der Waals surface area contributed by atoms with E-state index >= 15 is 0 Å². The minimum absolute atomic E-state index is 0. The van der Waals surface area contributed by atoms with E-state index in [9.17, 15) is 114 Å². The summed E-state index contributed by atoms with van der Waals surface area (Å²) in [5.41, 5.74) is 2.38. The predicted molar refractivity (Wildman–Crippen MR) is 319 cm³/mol. The molecule has 0 bridgehead atoms. The molecule has 4 saturated heterocycles. The van der Waals surface area contributed by atoms with Gasteiger partial charge in [0.25, 0.3) is 5.56 Å². The van der Waals surface area contributed by atoms with Gasteiger partial charge in [0.1, 0.15) is 49.5 Å². The fourth-order valence-corrected chi connectivity index (χ4v) is 15.2. The number of aryl methyl sites for hydroxylation is 1. The van der Waals surface area contributed by atoms with Gasteiger partial charge in [0.15, 0.2) is 24.1 Å². The highest BCUT2D eigenvalue weighted by Gasteiger charge is 2.65. The van der Waals surface area contributed by atoms with Gasteiger partial charge in [-0.1, -0.05) is 20.3 Å². The van der Waals surface area contributed by atoms with Gasteiger partial charge in [0.05, 0.1) is 42.2 Å². The molecule has 6 aliphatic rings. The smallest absolute Gasteiger partial charge is 0.415 e. The predicted octanol–water partition coefficient (Wildman–Crippen LogP) is -2.27. The summed E-state index contributed by atoms with van der Waals surface area (Å²) in [5, 5.41) is 12.0. The lowest BCUT2D eigenvalue weighted by Gasteiger charge is -2.45. The van der Waals surface area contributed by atoms with Gasteiger partial charge in [-0.25, -0.2) is 48.0 Å². The summed E-state index contributed by atoms with van der Waals surface area (Å²) >= 11 is 0. The summed E-state index contributed by atoms with van der Waals surface area (Å²) in [5.74, 6) is -4.38. The van der Waals surface area contributed by atoms with E-state index < -0.39 is 169 Å². The number of halogens is 1. The summed E-state index contributed by atoms with van der Waals surface area (Å²) in [6, 6.07) is 7.77. The molecule has 0 unspecified atom stereocenters. The molecular weight excluding hydrogens is 1540 g/mol. The van der Waals surface area contributed by atoms with Crippen LogP contribution in [0.1, 0.15) is 74.6 Å². The van der Waals surface area contributed by atoms with Crippen LogP contribution in [0.4, 0.5) is 4.79 Å². The minimum Gasteiger partial charge on any atom is -0.458 e. The lowest BCUT2D eigenvalue weighted by Crippen LogP contribution is -2.65. The van der Waals surface area contributed by atoms with E-state index in [0.29, 0.717) is 60.4 Å². The van der Waals surface area contributed by atoms with Crippen molar-refractivity contribution < 1.29 is 176 Å². The highest BCUT2D eigenvalue weighted by atomic mass is 35.5. The molecule has 9 rings (SSSR count). The van der Waals surface area contributed by atoms with Crippen molar-refractivity contribution in [3.05, 3.63) is 56.9 Å². The first-order valence-electron chi connectivity index (χ1n) is 28.0. The van der Waals surface area contributed by atoms with Crippen molar-refractivity contribution in [3.63, 3.8) is 0 Å². The Bertz CT molecular complexity index is 4570. The molecule has 8 heterocycles. The van der Waals surface area contributed by atoms with Crippen LogP contribution >= 0.6 is 12.4 Å². The molecular formula is C45H61ClN4O41S8. The maximum atomic E-state index is 13.6. The summed E-state index contributed by atoms with van der Waals surface area (Å²) in [6.45, 7) is 1.40. The minimum atomic E-state index is -6.24. The molecule has 4 fully saturated rings. The van der Waals surface area contributed by atoms with E-state index in [1.807, 2.05) is 17.0 Å². The van der Waals surface area contributed by atoms with E-state index in [-0.39, 0.29) is 37.1 Å². The summed E-state index contributed by atoms with van der Waals surface area (Å²) in [6.07, 6.45) is -19.8. The van der Waals surface area contributed by atoms with Gasteiger partial charge in [-0.3, -0.25) is 41.2 Å². The lowest BCUT2D eigenvalue weighted by atomic mass is 9.86. The average Bonchev–Trinajstić information content (AvgIpc) is 1.62. The van der Waals surface area contributed by atoms with Crippen LogP contribution in [0.3, 0.4) is 0 Å². The number of aliphatic hydroxyl groups is 1. The molecule has 562 valence electrons. The molecule has 3 aromatic rings. The SMILES string of the molecule is CCc1c2c(nc3ccc(OC(=O)N4CCC(N5CCCCC5)CC4)cc13)-c1cc3c(c(=O)n1C2)COC(=O)[C@]3(O)CC.Cl.O=S(=O)(O)OC[C@H]1O[C@H](O[C@]2(COS(=O)(=O)O)O[C@H](COS(=O)(=O)O)[C@H](OS(=O)(=O)O)[C@@H]2OS(=O)(=O)O)[C@H](OS(=O)(=O)O)[C@@H](OS(=O)(=O)O)[C@@H]1OS(=O)(=O)O. The summed E-state index contributed by atoms with van der Waals surface area (Å²) < 4.78 is 320. The van der Waals surface area contributed by atoms with Crippen LogP contribution in [0.15, 0.2) is 29.1 Å². The molecule has 0 aliphatic carbocycles. The van der Waals surface area contributed by atoms with Gasteiger partial charge in [-0.15, -0.1) is 12.4 Å². The number of hydrogen-bond donors (Lipinski definition) is 9. The number of hydrogen-bond acceptors (Lipinski definition) is 35. The molecule has 0 saturated carbocycles. The van der Waals surface area contributed by atoms with Crippen LogP contribution < -0.4 is 10.3 Å². The number of likely N-dealkylation sites (tertiary alicyclic amines) is 2. The number of pyridine rings is 2. The van der Waals surface area contributed by atoms with Crippen molar-refractivity contribution in [2.75, 3.05) is 46.0 Å². The summed E-state index contributed by atoms with van der Waals surface area (Å²) in [7, 11) is -48.3. The Hall–Kier alpha value is -4.63. The third-order valence-corrected chi connectivity index (χ3v) is 19.2. The fourth-order valence-electron chi connectivity index (χ4n) is 11.7. The number of nitrogens with zero attached hydrogens (tertiary/aromatic N) is 4. The normalized spacial score (nSPS) is 26.7. The highest BCUT2D eigenvalue weighted by molar-refractivity contribution is 7.82. The second kappa shape index (κ2) is 30.6. The van der Waals surface area contributed by atoms with Crippen LogP contribution in [-0.4, -0.2) is 247 Å². The number of carbonyl (C=O) groups is 2. The first-order chi connectivity index (χ1) is 45.0. The van der Waals surface area contributed by atoms with Gasteiger partial charge in [0, 0.05) is 35.6 Å². The molecule has 1 amide bonds. The maximum Gasteiger partial charge on any atom is 0.415 e. The Kier molecular flexibility index (Phi) is 25.2. The molecule has 6 aliphatic heterocycles. The second-order valence-corrected chi connectivity index (χ2v) is 30.4. The quantitative estimate of drug-likeness (QED) is 0.0250. The average molecular weight is 1610 g/mol. The van der Waals surface area contributed by atoms with Crippen molar-refractivity contribution in [1.82, 2.24) is 19.4 Å². The Morgan fingerprint density at radius 3 is 1.71 bits per heavy atom. The van der Waals surface area contributed by atoms with Gasteiger partial charge in [0.2, 0.25) is 5.79 Å². The molecule has 9 N–H and O–H groups in total. The van der Waals surface area contributed by atoms with Gasteiger partial charge in [-0.2, -0.15) is 67.3 Å². The number of rotatable bonds is 25. The van der Waals surface area contributed by atoms with E-state index in [1.54, 1.807) is 23.6 Å². The van der Waals surface area contributed by atoms with Crippen molar-refractivity contribution >= 4 is 119 Å². The summed E-state index contributed by atoms with van der Waals surface area (Å²) in [4.78, 5) is 48.5. The van der Waals surface area contributed by atoms with Gasteiger partial charge >= 0.3 is 95.3 Å². The first kappa shape index (κ1) is 81.7. The Balaban J connectivity index is 0.000000282. The zero-order chi connectivity index (χ0) is 72.9. The molecule has 10 atom stereocenters. The van der Waals surface area contributed by atoms with E-state index in [0.717, 1.165) is 34.9 Å². The topological polar surface area (TPSA) is 651 Å². The van der Waals surface area contributed by atoms with Gasteiger partial charge < -0.3 is 43.2 Å². The van der Waals surface area contributed by atoms with E-state index in [1.165, 1.54) is 32.4 Å². The molecule has 1 aromatic carbocycles. The third-order valence-electron chi connectivity index (χ3n) is 15.6. The van der Waals surface area contributed by atoms with Crippen LogP contribution in [0.2, 0.25) is 0 Å². The van der Waals surface area contributed by atoms with E-state index in [2.05, 4.69) is 45.3 Å². The van der Waals surface area contributed by atoms with Crippen molar-refractivity contribution in [1.29, 1.82) is 0 Å². The number of ether oxygens (including phenoxy) is 5. The Morgan fingerprint density at radius 1 is 0.636 bits per heavy atom. The number of esters is 1. The number of carbonyl (C=O) groups excluding carboxylic acids is 2. The zero-order valence-electron chi connectivity index (χ0n) is 50.4. The zero-order valence-corrected chi connectivity index (χ0v) is 57.7. The monoisotopic (exact) mass is 1600 g/mol. The van der Waals surface area contributed by atoms with E-state index in [4.69, 9.17) is 37.8 Å². The second-order valence-electron chi connectivity index (χ2n) is 21.9. The van der Waals surface area contributed by atoms with Crippen molar-refractivity contribution in [3.8, 4) is 17.1 Å². The maximum absolute atomic E-state index is 13.6. The number of piperidine rings is 2. The third kappa shape index (κ3) is 21.1. The lowest BCUT2D eigenvalue weighted by molar-refractivity contribution is -0.374. The van der Waals surface area contributed by atoms with Gasteiger partial charge in [-0.05, 0) is 81.4 Å². The van der Waals surface area contributed by atoms with Crippen LogP contribution in [-0.2, 0) is 166 Å². The number of amides is 1. The molecule has 0 spiro atoms. The molecule has 54 heteroatoms. The van der Waals surface area contributed by atoms with Crippen molar-refractivity contribution in [2.24, 2.45) is 0 Å². The molecule has 0 radical (unpaired) electrons. The fraction of sp³-hybridized carbons (Fsp3) is 0.644. The Morgan fingerprint density at radius 2 is 1.17 bits per heavy atom.